The summed E-state index contributed by atoms with van der Waals surface area (Å²) in [4.78, 5) is 25.1. The van der Waals surface area contributed by atoms with Crippen LogP contribution >= 0.6 is 11.8 Å². The Hall–Kier alpha value is -1.74. The van der Waals surface area contributed by atoms with Crippen LogP contribution in [0.15, 0.2) is 24.3 Å². The second kappa shape index (κ2) is 6.57. The van der Waals surface area contributed by atoms with Crippen molar-refractivity contribution in [3.8, 4) is 5.75 Å². The molecule has 1 aliphatic rings. The molecule has 1 fully saturated rings. The van der Waals surface area contributed by atoms with Crippen molar-refractivity contribution in [2.24, 2.45) is 5.73 Å². The van der Waals surface area contributed by atoms with E-state index >= 15 is 0 Å². The van der Waals surface area contributed by atoms with E-state index < -0.39 is 17.4 Å². The molecule has 1 saturated heterocycles. The van der Waals surface area contributed by atoms with Crippen molar-refractivity contribution in [2.45, 2.75) is 18.0 Å². The molecule has 22 heavy (non-hydrogen) atoms. The molecule has 0 radical (unpaired) electrons. The zero-order valence-electron chi connectivity index (χ0n) is 11.3. The van der Waals surface area contributed by atoms with E-state index in [9.17, 15) is 22.8 Å². The number of alkyl halides is 3. The monoisotopic (exact) mass is 334 g/mol. The van der Waals surface area contributed by atoms with E-state index in [1.807, 2.05) is 0 Å². The maximum atomic E-state index is 12.2. The van der Waals surface area contributed by atoms with Gasteiger partial charge < -0.3 is 10.5 Å². The second-order valence-electron chi connectivity index (χ2n) is 4.46. The number of carbonyl (C=O) groups excluding carboxylic acids is 2. The predicted molar refractivity (Wildman–Crippen MR) is 75.5 cm³/mol. The first-order valence-corrected chi connectivity index (χ1v) is 7.41. The Morgan fingerprint density at radius 1 is 1.27 bits per heavy atom. The summed E-state index contributed by atoms with van der Waals surface area (Å²) in [6.45, 7) is 0.395. The summed E-state index contributed by atoms with van der Waals surface area (Å²) in [5, 5.41) is -0.498. The molecule has 2 amide bonds. The van der Waals surface area contributed by atoms with Gasteiger partial charge in [0.2, 0.25) is 11.8 Å². The highest BCUT2D eigenvalue weighted by atomic mass is 32.2. The van der Waals surface area contributed by atoms with Crippen LogP contribution in [0.1, 0.15) is 6.42 Å². The molecule has 0 unspecified atom stereocenters. The molecule has 1 aliphatic heterocycles. The highest BCUT2D eigenvalue weighted by Gasteiger charge is 2.39. The predicted octanol–water partition coefficient (Wildman–Crippen LogP) is 1.91. The maximum absolute atomic E-state index is 12.2. The van der Waals surface area contributed by atoms with Crippen molar-refractivity contribution in [3.05, 3.63) is 24.3 Å². The first-order valence-electron chi connectivity index (χ1n) is 6.36. The lowest BCUT2D eigenvalue weighted by molar-refractivity contribution is -0.274. The number of nitrogens with zero attached hydrogens (tertiary/aromatic N) is 1. The van der Waals surface area contributed by atoms with Crippen LogP contribution < -0.4 is 15.4 Å². The number of anilines is 1. The number of rotatable bonds is 5. The number of amides is 2. The van der Waals surface area contributed by atoms with Crippen molar-refractivity contribution in [3.63, 3.8) is 0 Å². The minimum atomic E-state index is -4.79. The SMILES string of the molecule is NCCS[C@H]1CC(=O)N(c2ccc(OC(F)(F)F)cc2)C1=O. The van der Waals surface area contributed by atoms with E-state index in [2.05, 4.69) is 4.74 Å². The van der Waals surface area contributed by atoms with Crippen LogP contribution in [0.25, 0.3) is 0 Å². The molecule has 0 spiro atoms. The number of halogens is 3. The zero-order valence-corrected chi connectivity index (χ0v) is 12.1. The molecule has 0 aliphatic carbocycles. The third-order valence-electron chi connectivity index (χ3n) is 2.87. The number of carbonyl (C=O) groups is 2. The van der Waals surface area contributed by atoms with Gasteiger partial charge in [-0.2, -0.15) is 0 Å². The Kier molecular flexibility index (Phi) is 4.97. The molecule has 1 heterocycles. The third kappa shape index (κ3) is 3.92. The van der Waals surface area contributed by atoms with Crippen molar-refractivity contribution in [1.29, 1.82) is 0 Å². The Labute approximate surface area is 128 Å². The van der Waals surface area contributed by atoms with Gasteiger partial charge >= 0.3 is 6.36 Å². The molecule has 0 aromatic heterocycles. The van der Waals surface area contributed by atoms with Gasteiger partial charge in [-0.1, -0.05) is 0 Å². The lowest BCUT2D eigenvalue weighted by Gasteiger charge is -2.16. The first kappa shape index (κ1) is 16.6. The minimum Gasteiger partial charge on any atom is -0.406 e. The van der Waals surface area contributed by atoms with Gasteiger partial charge in [0, 0.05) is 18.7 Å². The lowest BCUT2D eigenvalue weighted by atomic mass is 10.3. The van der Waals surface area contributed by atoms with Gasteiger partial charge in [-0.3, -0.25) is 9.59 Å². The lowest BCUT2D eigenvalue weighted by Crippen LogP contribution is -2.31. The molecule has 2 rings (SSSR count). The van der Waals surface area contributed by atoms with Crippen molar-refractivity contribution < 1.29 is 27.5 Å². The Bertz CT molecular complexity index is 563. The normalized spacial score (nSPS) is 18.9. The van der Waals surface area contributed by atoms with E-state index in [4.69, 9.17) is 5.73 Å². The number of hydrogen-bond acceptors (Lipinski definition) is 5. The smallest absolute Gasteiger partial charge is 0.406 e. The van der Waals surface area contributed by atoms with Crippen LogP contribution in [0.5, 0.6) is 5.75 Å². The summed E-state index contributed by atoms with van der Waals surface area (Å²) in [5.74, 6) is -0.628. The Morgan fingerprint density at radius 3 is 2.45 bits per heavy atom. The quantitative estimate of drug-likeness (QED) is 0.833. The summed E-state index contributed by atoms with van der Waals surface area (Å²) in [5.41, 5.74) is 5.59. The summed E-state index contributed by atoms with van der Waals surface area (Å²) in [7, 11) is 0. The second-order valence-corrected chi connectivity index (χ2v) is 5.77. The van der Waals surface area contributed by atoms with Crippen LogP contribution in [0.4, 0.5) is 18.9 Å². The number of ether oxygens (including phenoxy) is 1. The Morgan fingerprint density at radius 2 is 1.91 bits per heavy atom. The standard InChI is InChI=1S/C13H13F3N2O3S/c14-13(15,16)21-9-3-1-8(2-4-9)18-11(19)7-10(12(18)20)22-6-5-17/h1-4,10H,5-7,17H2/t10-/m0/s1. The molecule has 1 aromatic carbocycles. The van der Waals surface area contributed by atoms with Crippen molar-refractivity contribution >= 4 is 29.3 Å². The van der Waals surface area contributed by atoms with E-state index in [-0.39, 0.29) is 23.9 Å². The number of imide groups is 1. The van der Waals surface area contributed by atoms with Crippen LogP contribution in [0.2, 0.25) is 0 Å². The fourth-order valence-corrected chi connectivity index (χ4v) is 2.94. The van der Waals surface area contributed by atoms with Gasteiger partial charge in [-0.25, -0.2) is 4.90 Å². The molecular formula is C13H13F3N2O3S. The van der Waals surface area contributed by atoms with E-state index in [0.29, 0.717) is 12.3 Å². The number of benzene rings is 1. The number of thioether (sulfide) groups is 1. The molecule has 5 nitrogen and oxygen atoms in total. The first-order chi connectivity index (χ1) is 10.3. The maximum Gasteiger partial charge on any atom is 0.573 e. The van der Waals surface area contributed by atoms with E-state index in [1.165, 1.54) is 23.9 Å². The van der Waals surface area contributed by atoms with Gasteiger partial charge in [0.1, 0.15) is 5.75 Å². The van der Waals surface area contributed by atoms with Crippen LogP contribution in [-0.2, 0) is 9.59 Å². The number of hydrogen-bond donors (Lipinski definition) is 1. The number of nitrogens with two attached hydrogens (primary N) is 1. The van der Waals surface area contributed by atoms with Crippen LogP contribution in [0.3, 0.4) is 0 Å². The van der Waals surface area contributed by atoms with Crippen LogP contribution in [0, 0.1) is 0 Å². The van der Waals surface area contributed by atoms with Gasteiger partial charge in [0.05, 0.1) is 10.9 Å². The van der Waals surface area contributed by atoms with Crippen molar-refractivity contribution in [1.82, 2.24) is 0 Å². The topological polar surface area (TPSA) is 72.6 Å². The average Bonchev–Trinajstić information content (AvgIpc) is 2.71. The molecule has 1 aromatic rings. The molecule has 120 valence electrons. The summed E-state index contributed by atoms with van der Waals surface area (Å²) < 4.78 is 40.0. The fourth-order valence-electron chi connectivity index (χ4n) is 2.01. The summed E-state index contributed by atoms with van der Waals surface area (Å²) in [6, 6.07) is 4.60. The Balaban J connectivity index is 2.11. The average molecular weight is 334 g/mol. The molecule has 9 heteroatoms. The third-order valence-corrected chi connectivity index (χ3v) is 4.11. The van der Waals surface area contributed by atoms with Gasteiger partial charge in [-0.15, -0.1) is 24.9 Å². The summed E-state index contributed by atoms with van der Waals surface area (Å²) >= 11 is 1.29. The largest absolute Gasteiger partial charge is 0.573 e. The van der Waals surface area contributed by atoms with Gasteiger partial charge in [0.25, 0.3) is 0 Å². The van der Waals surface area contributed by atoms with Gasteiger partial charge in [-0.05, 0) is 24.3 Å². The molecule has 2 N–H and O–H groups in total. The molecular weight excluding hydrogens is 321 g/mol. The highest BCUT2D eigenvalue weighted by molar-refractivity contribution is 8.00. The van der Waals surface area contributed by atoms with Crippen molar-refractivity contribution in [2.75, 3.05) is 17.2 Å². The fraction of sp³-hybridized carbons (Fsp3) is 0.385. The molecule has 0 bridgehead atoms. The minimum absolute atomic E-state index is 0.0598. The van der Waals surface area contributed by atoms with Gasteiger partial charge in [0.15, 0.2) is 0 Å². The van der Waals surface area contributed by atoms with E-state index in [0.717, 1.165) is 17.0 Å². The van der Waals surface area contributed by atoms with E-state index in [1.54, 1.807) is 0 Å². The highest BCUT2D eigenvalue weighted by Crippen LogP contribution is 2.31. The molecule has 0 saturated carbocycles. The summed E-state index contributed by atoms with van der Waals surface area (Å²) in [6.07, 6.45) is -4.73. The molecule has 1 atom stereocenters. The van der Waals surface area contributed by atoms with Crippen LogP contribution in [-0.4, -0.2) is 35.7 Å². The zero-order chi connectivity index (χ0) is 16.3.